The number of benzene rings is 3. The van der Waals surface area contributed by atoms with E-state index in [1.54, 1.807) is 6.08 Å². The number of nitrogens with zero attached hydrogens (tertiary/aromatic N) is 2. The number of pyridine rings is 1. The third-order valence-electron chi connectivity index (χ3n) is 7.98. The molecule has 4 nitrogen and oxygen atoms in total. The van der Waals surface area contributed by atoms with Gasteiger partial charge >= 0.3 is 0 Å². The number of hydrogen-bond acceptors (Lipinski definition) is 5. The first kappa shape index (κ1) is 25.5. The molecule has 0 aliphatic heterocycles. The highest BCUT2D eigenvalue weighted by Gasteiger charge is 2.39. The number of aromatic nitrogens is 1. The number of ketones is 1. The summed E-state index contributed by atoms with van der Waals surface area (Å²) in [7, 11) is 0. The standard InChI is InChI=1S/C34H24F2N2O2S/c1-34(2)26-17-30(38(19-9-5-3-6-10-19)20-11-7-4-8-12-20)37-18-25(26)33-27(34)14-21(41-33)13-24-31(39)22-15-28(35)29(36)16-23(22)32(24)40/h3-18,31,39H,1-2H3/b24-13-. The van der Waals surface area contributed by atoms with Gasteiger partial charge in [0.15, 0.2) is 17.4 Å². The number of fused-ring (bicyclic) bond motifs is 4. The Morgan fingerprint density at radius 1 is 0.878 bits per heavy atom. The average molecular weight is 563 g/mol. The highest BCUT2D eigenvalue weighted by molar-refractivity contribution is 7.16. The molecule has 0 saturated heterocycles. The largest absolute Gasteiger partial charge is 0.383 e. The Hall–Kier alpha value is -4.46. The van der Waals surface area contributed by atoms with Crippen LogP contribution in [0.3, 0.4) is 0 Å². The van der Waals surface area contributed by atoms with E-state index < -0.39 is 23.5 Å². The molecule has 0 amide bonds. The second-order valence-corrected chi connectivity index (χ2v) is 11.9. The van der Waals surface area contributed by atoms with Gasteiger partial charge in [-0.15, -0.1) is 11.3 Å². The Labute approximate surface area is 239 Å². The molecule has 2 aromatic heterocycles. The lowest BCUT2D eigenvalue weighted by molar-refractivity contribution is 0.102. The van der Waals surface area contributed by atoms with E-state index in [0.717, 1.165) is 55.8 Å². The SMILES string of the molecule is CC1(C)c2cc(N(c3ccccc3)c3ccccc3)ncc2-c2sc(/C=C3\C(=O)c4cc(F)c(F)cc4C3O)cc21. The van der Waals surface area contributed by atoms with Crippen LogP contribution in [-0.4, -0.2) is 15.9 Å². The minimum Gasteiger partial charge on any atom is -0.383 e. The van der Waals surface area contributed by atoms with E-state index in [9.17, 15) is 18.7 Å². The third kappa shape index (κ3) is 3.96. The van der Waals surface area contributed by atoms with Gasteiger partial charge in [-0.2, -0.15) is 0 Å². The van der Waals surface area contributed by atoms with Crippen molar-refractivity contribution in [1.29, 1.82) is 0 Å². The number of rotatable bonds is 4. The molecule has 3 aromatic carbocycles. The minimum absolute atomic E-state index is 0.00413. The van der Waals surface area contributed by atoms with E-state index in [4.69, 9.17) is 4.98 Å². The maximum atomic E-state index is 13.8. The van der Waals surface area contributed by atoms with Crippen LogP contribution < -0.4 is 4.90 Å². The monoisotopic (exact) mass is 562 g/mol. The number of halogens is 2. The van der Waals surface area contributed by atoms with Gasteiger partial charge in [-0.3, -0.25) is 9.69 Å². The number of thiophene rings is 1. The van der Waals surface area contributed by atoms with Crippen molar-refractivity contribution in [3.05, 3.63) is 135 Å². The molecule has 2 aliphatic rings. The Balaban J connectivity index is 1.29. The van der Waals surface area contributed by atoms with Gasteiger partial charge in [-0.05, 0) is 71.3 Å². The zero-order valence-corrected chi connectivity index (χ0v) is 23.0. The van der Waals surface area contributed by atoms with Crippen molar-refractivity contribution in [3.63, 3.8) is 0 Å². The summed E-state index contributed by atoms with van der Waals surface area (Å²) in [6, 6.07) is 26.2. The van der Waals surface area contributed by atoms with Crippen molar-refractivity contribution in [2.24, 2.45) is 0 Å². The number of Topliss-reactive ketones (excluding diaryl/α,β-unsaturated/α-hetero) is 1. The van der Waals surface area contributed by atoms with Gasteiger partial charge in [0.2, 0.25) is 0 Å². The number of para-hydroxylation sites is 2. The average Bonchev–Trinajstić information content (AvgIpc) is 3.57. The Kier molecular flexibility index (Phi) is 5.78. The van der Waals surface area contributed by atoms with Crippen LogP contribution >= 0.6 is 11.3 Å². The van der Waals surface area contributed by atoms with Crippen LogP contribution in [0.1, 0.15) is 51.9 Å². The van der Waals surface area contributed by atoms with E-state index in [-0.39, 0.29) is 22.1 Å². The fraction of sp³-hybridized carbons (Fsp3) is 0.118. The van der Waals surface area contributed by atoms with Gasteiger partial charge in [0, 0.05) is 49.4 Å². The zero-order chi connectivity index (χ0) is 28.5. The summed E-state index contributed by atoms with van der Waals surface area (Å²) in [6.07, 6.45) is 2.23. The van der Waals surface area contributed by atoms with Crippen LogP contribution in [0.5, 0.6) is 0 Å². The van der Waals surface area contributed by atoms with E-state index in [2.05, 4.69) is 49.1 Å². The summed E-state index contributed by atoms with van der Waals surface area (Å²) in [5.41, 5.74) is 5.13. The molecule has 1 N–H and O–H groups in total. The number of carbonyl (C=O) groups excluding carboxylic acids is 1. The molecule has 1 atom stereocenters. The van der Waals surface area contributed by atoms with Crippen molar-refractivity contribution < 1.29 is 18.7 Å². The van der Waals surface area contributed by atoms with E-state index >= 15 is 0 Å². The van der Waals surface area contributed by atoms with Crippen LogP contribution in [0, 0.1) is 11.6 Å². The normalized spacial score (nSPS) is 17.4. The first-order valence-corrected chi connectivity index (χ1v) is 14.0. The van der Waals surface area contributed by atoms with E-state index in [0.29, 0.717) is 0 Å². The molecule has 7 rings (SSSR count). The van der Waals surface area contributed by atoms with Crippen molar-refractivity contribution in [3.8, 4) is 10.4 Å². The minimum atomic E-state index is -1.31. The quantitative estimate of drug-likeness (QED) is 0.223. The highest BCUT2D eigenvalue weighted by atomic mass is 32.1. The molecule has 0 saturated carbocycles. The lowest BCUT2D eigenvalue weighted by Crippen LogP contribution is -2.17. The number of carbonyl (C=O) groups is 1. The summed E-state index contributed by atoms with van der Waals surface area (Å²) in [6.45, 7) is 4.33. The molecule has 0 spiro atoms. The second-order valence-electron chi connectivity index (χ2n) is 10.8. The molecular weight excluding hydrogens is 538 g/mol. The summed E-state index contributed by atoms with van der Waals surface area (Å²) >= 11 is 1.51. The molecule has 41 heavy (non-hydrogen) atoms. The van der Waals surface area contributed by atoms with E-state index in [1.165, 1.54) is 11.3 Å². The van der Waals surface area contributed by atoms with Crippen LogP contribution in [0.2, 0.25) is 0 Å². The number of hydrogen-bond donors (Lipinski definition) is 1. The molecular formula is C34H24F2N2O2S. The van der Waals surface area contributed by atoms with Crippen molar-refractivity contribution in [2.45, 2.75) is 25.4 Å². The summed E-state index contributed by atoms with van der Waals surface area (Å²) in [5.74, 6) is -1.88. The fourth-order valence-corrected chi connectivity index (χ4v) is 7.15. The fourth-order valence-electron chi connectivity index (χ4n) is 5.85. The first-order chi connectivity index (χ1) is 19.7. The second kappa shape index (κ2) is 9.29. The van der Waals surface area contributed by atoms with Gasteiger partial charge < -0.3 is 5.11 Å². The van der Waals surface area contributed by atoms with Gasteiger partial charge in [0.1, 0.15) is 11.9 Å². The van der Waals surface area contributed by atoms with Gasteiger partial charge in [-0.25, -0.2) is 13.8 Å². The zero-order valence-electron chi connectivity index (χ0n) is 22.2. The molecule has 5 aromatic rings. The molecule has 0 fully saturated rings. The summed E-state index contributed by atoms with van der Waals surface area (Å²) in [5, 5.41) is 10.8. The maximum absolute atomic E-state index is 13.8. The lowest BCUT2D eigenvalue weighted by Gasteiger charge is -2.27. The van der Waals surface area contributed by atoms with Crippen LogP contribution in [0.25, 0.3) is 16.5 Å². The summed E-state index contributed by atoms with van der Waals surface area (Å²) in [4.78, 5) is 21.9. The third-order valence-corrected chi connectivity index (χ3v) is 9.09. The number of aliphatic hydroxyl groups is 1. The smallest absolute Gasteiger partial charge is 0.192 e. The maximum Gasteiger partial charge on any atom is 0.192 e. The lowest BCUT2D eigenvalue weighted by atomic mass is 9.83. The topological polar surface area (TPSA) is 53.4 Å². The molecule has 7 heteroatoms. The van der Waals surface area contributed by atoms with Gasteiger partial charge in [0.25, 0.3) is 0 Å². The molecule has 2 heterocycles. The molecule has 202 valence electrons. The van der Waals surface area contributed by atoms with Crippen LogP contribution in [0.15, 0.2) is 96.7 Å². The van der Waals surface area contributed by atoms with E-state index in [1.807, 2.05) is 48.7 Å². The van der Waals surface area contributed by atoms with Crippen molar-refractivity contribution >= 4 is 40.4 Å². The molecule has 0 radical (unpaired) electrons. The predicted octanol–water partition coefficient (Wildman–Crippen LogP) is 8.51. The predicted molar refractivity (Wildman–Crippen MR) is 158 cm³/mol. The Morgan fingerprint density at radius 3 is 2.17 bits per heavy atom. The number of aliphatic hydroxyl groups excluding tert-OH is 1. The van der Waals surface area contributed by atoms with Crippen molar-refractivity contribution in [1.82, 2.24) is 4.98 Å². The molecule has 2 aliphatic carbocycles. The van der Waals surface area contributed by atoms with Crippen LogP contribution in [0.4, 0.5) is 26.0 Å². The molecule has 0 bridgehead atoms. The summed E-state index contributed by atoms with van der Waals surface area (Å²) < 4.78 is 27.6. The van der Waals surface area contributed by atoms with Crippen molar-refractivity contribution in [2.75, 3.05) is 4.90 Å². The first-order valence-electron chi connectivity index (χ1n) is 13.2. The van der Waals surface area contributed by atoms with Gasteiger partial charge in [0.05, 0.1) is 0 Å². The van der Waals surface area contributed by atoms with Gasteiger partial charge in [-0.1, -0.05) is 50.2 Å². The van der Waals surface area contributed by atoms with Crippen LogP contribution in [-0.2, 0) is 5.41 Å². The molecule has 1 unspecified atom stereocenters. The highest BCUT2D eigenvalue weighted by Crippen LogP contribution is 2.54. The number of anilines is 3. The Morgan fingerprint density at radius 2 is 1.51 bits per heavy atom. The Bertz CT molecular complexity index is 1840.